The number of fused-ring (bicyclic) bond motifs is 4. The molecule has 2 fully saturated rings. The molecule has 10 heteroatoms. The zero-order valence-electron chi connectivity index (χ0n) is 19.3. The van der Waals surface area contributed by atoms with Crippen LogP contribution in [0.2, 0.25) is 0 Å². The minimum absolute atomic E-state index is 0.0353. The Morgan fingerprint density at radius 1 is 1.23 bits per heavy atom. The van der Waals surface area contributed by atoms with Crippen molar-refractivity contribution in [3.05, 3.63) is 52.9 Å². The van der Waals surface area contributed by atoms with Crippen molar-refractivity contribution in [3.63, 3.8) is 0 Å². The summed E-state index contributed by atoms with van der Waals surface area (Å²) < 4.78 is 2.52. The zero-order valence-corrected chi connectivity index (χ0v) is 20.9. The number of nitrogens with two attached hydrogens (primary N) is 1. The summed E-state index contributed by atoms with van der Waals surface area (Å²) in [5, 5.41) is 4.53. The molecule has 1 saturated heterocycles. The number of likely N-dealkylation sites (tertiary alicyclic amines) is 1. The molecule has 3 aromatic heterocycles. The summed E-state index contributed by atoms with van der Waals surface area (Å²) in [6.07, 6.45) is 2.95. The van der Waals surface area contributed by atoms with Gasteiger partial charge in [-0.3, -0.25) is 9.59 Å². The average molecular weight is 534 g/mol. The number of anilines is 2. The van der Waals surface area contributed by atoms with Crippen LogP contribution >= 0.6 is 15.9 Å². The fraction of sp³-hybridized carbons (Fsp3) is 0.320. The van der Waals surface area contributed by atoms with E-state index in [1.54, 1.807) is 23.1 Å². The molecule has 0 unspecified atom stereocenters. The standard InChI is InChI=1S/C25H24BrN7O2/c1-13-6-7-14-15(8-13)32(23-21(14)22(27)28-12-29-23)11-20(34)33-16(9-25(2)10-17(25)33)24(35)31-19-5-3-4-18(26)30-19/h3-8,12,16-17H,9-11H2,1-2H3,(H2,27,28,29)(H,30,31,35)/t16-,17+,25-/m0/s1. The van der Waals surface area contributed by atoms with E-state index in [0.717, 1.165) is 28.3 Å². The number of benzene rings is 1. The number of rotatable bonds is 4. The first-order valence-electron chi connectivity index (χ1n) is 11.5. The number of nitrogen functional groups attached to an aromatic ring is 1. The molecule has 6 rings (SSSR count). The molecule has 1 aliphatic carbocycles. The number of pyridine rings is 1. The Hall–Kier alpha value is -3.53. The lowest BCUT2D eigenvalue weighted by atomic mass is 10.0. The maximum absolute atomic E-state index is 13.8. The largest absolute Gasteiger partial charge is 0.383 e. The minimum atomic E-state index is -0.554. The topological polar surface area (TPSA) is 119 Å². The predicted octanol–water partition coefficient (Wildman–Crippen LogP) is 3.65. The maximum Gasteiger partial charge on any atom is 0.248 e. The Balaban J connectivity index is 1.35. The SMILES string of the molecule is Cc1ccc2c3c(N)ncnc3n(CC(=O)N3[C@H](C(=O)Nc4cccc(Br)n4)C[C@@]4(C)C[C@@H]34)c2c1. The predicted molar refractivity (Wildman–Crippen MR) is 137 cm³/mol. The summed E-state index contributed by atoms with van der Waals surface area (Å²) >= 11 is 3.33. The van der Waals surface area contributed by atoms with E-state index in [1.165, 1.54) is 6.33 Å². The molecule has 1 saturated carbocycles. The second kappa shape index (κ2) is 7.74. The number of halogens is 1. The molecule has 1 aliphatic heterocycles. The third-order valence-electron chi connectivity index (χ3n) is 7.31. The molecule has 4 heterocycles. The highest BCUT2D eigenvalue weighted by molar-refractivity contribution is 9.10. The van der Waals surface area contributed by atoms with Gasteiger partial charge in [-0.1, -0.05) is 25.1 Å². The molecule has 35 heavy (non-hydrogen) atoms. The van der Waals surface area contributed by atoms with Gasteiger partial charge in [-0.15, -0.1) is 0 Å². The molecule has 3 atom stereocenters. The summed E-state index contributed by atoms with van der Waals surface area (Å²) in [7, 11) is 0. The summed E-state index contributed by atoms with van der Waals surface area (Å²) in [5.41, 5.74) is 8.71. The highest BCUT2D eigenvalue weighted by Crippen LogP contribution is 2.59. The normalized spacial score (nSPS) is 23.0. The minimum Gasteiger partial charge on any atom is -0.383 e. The summed E-state index contributed by atoms with van der Waals surface area (Å²) in [6, 6.07) is 10.9. The fourth-order valence-electron chi connectivity index (χ4n) is 5.47. The van der Waals surface area contributed by atoms with Crippen LogP contribution < -0.4 is 11.1 Å². The van der Waals surface area contributed by atoms with Crippen LogP contribution in [-0.2, 0) is 16.1 Å². The fourth-order valence-corrected chi connectivity index (χ4v) is 5.81. The van der Waals surface area contributed by atoms with Gasteiger partial charge in [-0.05, 0) is 64.9 Å². The number of hydrogen-bond acceptors (Lipinski definition) is 6. The van der Waals surface area contributed by atoms with Gasteiger partial charge >= 0.3 is 0 Å². The summed E-state index contributed by atoms with van der Waals surface area (Å²) in [4.78, 5) is 41.7. The molecule has 0 bridgehead atoms. The van der Waals surface area contributed by atoms with Crippen molar-refractivity contribution in [1.82, 2.24) is 24.4 Å². The molecule has 9 nitrogen and oxygen atoms in total. The highest BCUT2D eigenvalue weighted by atomic mass is 79.9. The van der Waals surface area contributed by atoms with Crippen molar-refractivity contribution in [2.45, 2.75) is 45.3 Å². The first-order valence-corrected chi connectivity index (χ1v) is 12.3. The molecule has 2 amide bonds. The third-order valence-corrected chi connectivity index (χ3v) is 7.75. The molecule has 178 valence electrons. The van der Waals surface area contributed by atoms with E-state index < -0.39 is 6.04 Å². The second-order valence-corrected chi connectivity index (χ2v) is 10.6. The number of amides is 2. The zero-order chi connectivity index (χ0) is 24.5. The van der Waals surface area contributed by atoms with Crippen molar-refractivity contribution in [1.29, 1.82) is 0 Å². The van der Waals surface area contributed by atoms with E-state index in [1.807, 2.05) is 29.7 Å². The van der Waals surface area contributed by atoms with Gasteiger partial charge in [0.05, 0.1) is 10.9 Å². The molecule has 2 aliphatic rings. The van der Waals surface area contributed by atoms with E-state index in [-0.39, 0.29) is 29.8 Å². The van der Waals surface area contributed by atoms with Gasteiger partial charge in [0.2, 0.25) is 11.8 Å². The number of nitrogens with zero attached hydrogens (tertiary/aromatic N) is 5. The van der Waals surface area contributed by atoms with Gasteiger partial charge in [0.25, 0.3) is 0 Å². The second-order valence-electron chi connectivity index (χ2n) is 9.79. The van der Waals surface area contributed by atoms with E-state index in [4.69, 9.17) is 5.73 Å². The molecule has 4 aromatic rings. The Morgan fingerprint density at radius 2 is 2.06 bits per heavy atom. The maximum atomic E-state index is 13.8. The van der Waals surface area contributed by atoms with Crippen molar-refractivity contribution < 1.29 is 9.59 Å². The van der Waals surface area contributed by atoms with Crippen LogP contribution in [0.25, 0.3) is 21.9 Å². The summed E-state index contributed by atoms with van der Waals surface area (Å²) in [5.74, 6) is 0.496. The van der Waals surface area contributed by atoms with E-state index in [0.29, 0.717) is 28.3 Å². The van der Waals surface area contributed by atoms with Gasteiger partial charge in [-0.2, -0.15) is 0 Å². The molecule has 1 aromatic carbocycles. The Labute approximate surface area is 209 Å². The molecule has 0 spiro atoms. The van der Waals surface area contributed by atoms with Crippen LogP contribution in [0.5, 0.6) is 0 Å². The first-order chi connectivity index (χ1) is 16.7. The molecule has 0 radical (unpaired) electrons. The lowest BCUT2D eigenvalue weighted by Gasteiger charge is -2.27. The Bertz CT molecular complexity index is 1530. The number of nitrogens with one attached hydrogen (secondary N) is 1. The van der Waals surface area contributed by atoms with Gasteiger partial charge in [0, 0.05) is 11.4 Å². The van der Waals surface area contributed by atoms with Crippen molar-refractivity contribution >= 4 is 61.3 Å². The number of aryl methyl sites for hydroxylation is 1. The Kier molecular flexibility index (Phi) is 4.86. The lowest BCUT2D eigenvalue weighted by Crippen LogP contribution is -2.46. The van der Waals surface area contributed by atoms with E-state index >= 15 is 0 Å². The number of aromatic nitrogens is 4. The van der Waals surface area contributed by atoms with Gasteiger partial charge in [-0.25, -0.2) is 15.0 Å². The van der Waals surface area contributed by atoms with E-state index in [9.17, 15) is 9.59 Å². The van der Waals surface area contributed by atoms with E-state index in [2.05, 4.69) is 43.1 Å². The Morgan fingerprint density at radius 3 is 2.86 bits per heavy atom. The third kappa shape index (κ3) is 3.54. The average Bonchev–Trinajstić information content (AvgIpc) is 3.22. The van der Waals surface area contributed by atoms with Crippen LogP contribution in [-0.4, -0.2) is 48.3 Å². The van der Waals surface area contributed by atoms with Crippen molar-refractivity contribution in [3.8, 4) is 0 Å². The highest BCUT2D eigenvalue weighted by Gasteiger charge is 2.64. The molecular formula is C25H24BrN7O2. The van der Waals surface area contributed by atoms with Gasteiger partial charge in [0.15, 0.2) is 0 Å². The number of carbonyl (C=O) groups excluding carboxylic acids is 2. The molecule has 3 N–H and O–H groups in total. The van der Waals surface area contributed by atoms with Crippen molar-refractivity contribution in [2.24, 2.45) is 5.41 Å². The van der Waals surface area contributed by atoms with Crippen molar-refractivity contribution in [2.75, 3.05) is 11.1 Å². The number of carbonyl (C=O) groups is 2. The van der Waals surface area contributed by atoms with Gasteiger partial charge < -0.3 is 20.5 Å². The lowest BCUT2D eigenvalue weighted by molar-refractivity contribution is -0.138. The van der Waals surface area contributed by atoms with Crippen LogP contribution in [0.15, 0.2) is 47.3 Å². The monoisotopic (exact) mass is 533 g/mol. The number of hydrogen-bond donors (Lipinski definition) is 2. The quantitative estimate of drug-likeness (QED) is 0.386. The first kappa shape index (κ1) is 22.0. The van der Waals surface area contributed by atoms with Gasteiger partial charge in [0.1, 0.15) is 40.8 Å². The van der Waals surface area contributed by atoms with Crippen LogP contribution in [0.4, 0.5) is 11.6 Å². The molecular weight excluding hydrogens is 510 g/mol. The smallest absolute Gasteiger partial charge is 0.248 e. The number of piperidine rings is 1. The van der Waals surface area contributed by atoms with Crippen LogP contribution in [0.3, 0.4) is 0 Å². The van der Waals surface area contributed by atoms with Crippen LogP contribution in [0, 0.1) is 12.3 Å². The summed E-state index contributed by atoms with van der Waals surface area (Å²) in [6.45, 7) is 4.20. The van der Waals surface area contributed by atoms with Crippen LogP contribution in [0.1, 0.15) is 25.3 Å².